The lowest BCUT2D eigenvalue weighted by Crippen LogP contribution is -2.04. The molecule has 206 valence electrons. The maximum absolute atomic E-state index is 13.4. The van der Waals surface area contributed by atoms with E-state index in [1.54, 1.807) is 31.3 Å². The van der Waals surface area contributed by atoms with Crippen molar-refractivity contribution in [2.45, 2.75) is 57.8 Å². The van der Waals surface area contributed by atoms with Crippen LogP contribution < -0.4 is 0 Å². The fourth-order valence-corrected chi connectivity index (χ4v) is 6.20. The minimum Gasteiger partial charge on any atom is -0.381 e. The Bertz CT molecular complexity index is 1800. The van der Waals surface area contributed by atoms with Crippen LogP contribution in [0.1, 0.15) is 60.5 Å². The maximum atomic E-state index is 13.4. The number of aryl methyl sites for hydroxylation is 2. The lowest BCUT2D eigenvalue weighted by molar-refractivity contribution is 0.105. The molecule has 0 saturated carbocycles. The van der Waals surface area contributed by atoms with Gasteiger partial charge >= 0.3 is 0 Å². The van der Waals surface area contributed by atoms with E-state index in [0.29, 0.717) is 12.0 Å². The number of pyridine rings is 1. The molecule has 5 rings (SSSR count). The number of fused-ring (bicyclic) bond motifs is 3. The number of hydrogen-bond acceptors (Lipinski definition) is 5. The molecule has 0 spiro atoms. The molecule has 0 fully saturated rings. The molecule has 0 amide bonds. The number of H-pyrrole nitrogens is 1. The van der Waals surface area contributed by atoms with Crippen molar-refractivity contribution in [1.82, 2.24) is 9.97 Å². The number of Topliss-reactive ketones (excluding diaryl/α,β-unsaturated/α-hetero) is 1. The van der Waals surface area contributed by atoms with Crippen LogP contribution in [0.25, 0.3) is 33.1 Å². The summed E-state index contributed by atoms with van der Waals surface area (Å²) < 4.78 is 30.9. The van der Waals surface area contributed by atoms with Crippen molar-refractivity contribution in [3.8, 4) is 23.0 Å². The molecule has 0 atom stereocenters. The Morgan fingerprint density at radius 2 is 2.00 bits per heavy atom. The molecule has 4 aromatic rings. The first kappa shape index (κ1) is 27.8. The van der Waals surface area contributed by atoms with Crippen LogP contribution in [0.5, 0.6) is 0 Å². The summed E-state index contributed by atoms with van der Waals surface area (Å²) in [6, 6.07) is 10.9. The van der Waals surface area contributed by atoms with Gasteiger partial charge in [0.15, 0.2) is 9.84 Å². The van der Waals surface area contributed by atoms with E-state index in [0.717, 1.165) is 83.1 Å². The lowest BCUT2D eigenvalue weighted by Gasteiger charge is -2.12. The molecule has 1 N–H and O–H groups in total. The second kappa shape index (κ2) is 11.8. The summed E-state index contributed by atoms with van der Waals surface area (Å²) in [5, 5.41) is 1.85. The van der Waals surface area contributed by atoms with Gasteiger partial charge in [-0.05, 0) is 92.0 Å². The average Bonchev–Trinajstić information content (AvgIpc) is 3.13. The molecule has 3 heterocycles. The number of carbonyl (C=O) groups is 1. The molecule has 0 saturated heterocycles. The van der Waals surface area contributed by atoms with Gasteiger partial charge in [-0.1, -0.05) is 36.6 Å². The third-order valence-electron chi connectivity index (χ3n) is 7.52. The van der Waals surface area contributed by atoms with Crippen molar-refractivity contribution < 1.29 is 17.9 Å². The topological polar surface area (TPSA) is 89.1 Å². The number of ether oxygens (including phenoxy) is 1. The quantitative estimate of drug-likeness (QED) is 0.0884. The summed E-state index contributed by atoms with van der Waals surface area (Å²) >= 11 is 0. The number of hydrogen-bond donors (Lipinski definition) is 1. The highest BCUT2D eigenvalue weighted by atomic mass is 32.2. The molecule has 7 heteroatoms. The summed E-state index contributed by atoms with van der Waals surface area (Å²) in [6.45, 7) is 7.10. The van der Waals surface area contributed by atoms with Gasteiger partial charge in [-0.3, -0.25) is 4.79 Å². The minimum atomic E-state index is -3.40. The van der Waals surface area contributed by atoms with Gasteiger partial charge < -0.3 is 9.72 Å². The molecule has 1 aliphatic rings. The number of carbonyl (C=O) groups excluding carboxylic acids is 1. The van der Waals surface area contributed by atoms with Gasteiger partial charge in [0.25, 0.3) is 0 Å². The van der Waals surface area contributed by atoms with Gasteiger partial charge in [0.2, 0.25) is 5.78 Å². The summed E-state index contributed by atoms with van der Waals surface area (Å²) in [5.74, 6) is 5.71. The number of unbranched alkanes of at least 4 members (excludes halogenated alkanes) is 1. The molecule has 2 aromatic heterocycles. The highest BCUT2D eigenvalue weighted by Gasteiger charge is 2.21. The number of ketones is 1. The van der Waals surface area contributed by atoms with Crippen molar-refractivity contribution in [1.29, 1.82) is 0 Å². The highest BCUT2D eigenvalue weighted by molar-refractivity contribution is 7.91. The number of aromatic amines is 1. The van der Waals surface area contributed by atoms with E-state index in [1.165, 1.54) is 5.57 Å². The summed E-state index contributed by atoms with van der Waals surface area (Å²) in [7, 11) is -3.40. The third kappa shape index (κ3) is 5.74. The van der Waals surface area contributed by atoms with Crippen LogP contribution in [0.15, 0.2) is 59.1 Å². The predicted molar refractivity (Wildman–Crippen MR) is 160 cm³/mol. The smallest absolute Gasteiger partial charge is 0.236 e. The number of sulfone groups is 1. The zero-order chi connectivity index (χ0) is 28.3. The second-order valence-corrected chi connectivity index (χ2v) is 12.6. The van der Waals surface area contributed by atoms with Gasteiger partial charge in [-0.25, -0.2) is 13.4 Å². The number of benzene rings is 2. The van der Waals surface area contributed by atoms with Gasteiger partial charge in [-0.15, -0.1) is 0 Å². The van der Waals surface area contributed by atoms with E-state index in [1.807, 2.05) is 26.0 Å². The van der Waals surface area contributed by atoms with Gasteiger partial charge in [0, 0.05) is 29.0 Å². The minimum absolute atomic E-state index is 0.0142. The molecule has 0 unspecified atom stereocenters. The van der Waals surface area contributed by atoms with Crippen LogP contribution in [0, 0.1) is 25.7 Å². The number of nitrogens with one attached hydrogen (secondary N) is 1. The fourth-order valence-electron chi connectivity index (χ4n) is 5.28. The normalized spacial score (nSPS) is 14.0. The summed E-state index contributed by atoms with van der Waals surface area (Å²) in [5.41, 5.74) is 6.76. The molecule has 0 radical (unpaired) electrons. The van der Waals surface area contributed by atoms with Gasteiger partial charge in [0.05, 0.1) is 29.4 Å². The van der Waals surface area contributed by atoms with Crippen LogP contribution in [0.4, 0.5) is 0 Å². The predicted octanol–water partition coefficient (Wildman–Crippen LogP) is 6.89. The number of rotatable bonds is 7. The van der Waals surface area contributed by atoms with Crippen LogP contribution in [-0.4, -0.2) is 43.1 Å². The molecule has 40 heavy (non-hydrogen) atoms. The molecule has 2 aromatic carbocycles. The van der Waals surface area contributed by atoms with Crippen molar-refractivity contribution in [3.63, 3.8) is 0 Å². The van der Waals surface area contributed by atoms with E-state index < -0.39 is 9.84 Å². The Balaban J connectivity index is 1.54. The standard InChI is InChI=1S/C33H34N2O4S/c1-4-40(37,38)26-13-8-12-25(19-26)28-20-27(23(3)32-31(28)29-18-22(2)21-34-33(29)35-32)30(36)14-7-5-6-10-24-11-9-16-39-17-15-24/h8,11-13,18-21H,4-6,9-10,15-17H2,1-3H3,(H,34,35). The molecular formula is C33H34N2O4S. The van der Waals surface area contributed by atoms with E-state index in [4.69, 9.17) is 4.74 Å². The Kier molecular flexibility index (Phi) is 8.20. The lowest BCUT2D eigenvalue weighted by atomic mass is 9.92. The zero-order valence-electron chi connectivity index (χ0n) is 23.3. The maximum Gasteiger partial charge on any atom is 0.236 e. The van der Waals surface area contributed by atoms with Crippen molar-refractivity contribution in [3.05, 3.63) is 70.9 Å². The van der Waals surface area contributed by atoms with Crippen molar-refractivity contribution in [2.75, 3.05) is 19.0 Å². The molecule has 0 bridgehead atoms. The second-order valence-electron chi connectivity index (χ2n) is 10.3. The third-order valence-corrected chi connectivity index (χ3v) is 9.25. The van der Waals surface area contributed by atoms with E-state index >= 15 is 0 Å². The van der Waals surface area contributed by atoms with Gasteiger partial charge in [0.1, 0.15) is 5.65 Å². The monoisotopic (exact) mass is 554 g/mol. The first-order valence-electron chi connectivity index (χ1n) is 13.8. The van der Waals surface area contributed by atoms with Crippen molar-refractivity contribution in [2.24, 2.45) is 0 Å². The molecule has 6 nitrogen and oxygen atoms in total. The Labute approximate surface area is 235 Å². The van der Waals surface area contributed by atoms with E-state index in [2.05, 4.69) is 34.0 Å². The Morgan fingerprint density at radius 3 is 2.83 bits per heavy atom. The SMILES string of the molecule is CCS(=O)(=O)c1cccc(-c2cc(C(=O)C#CCCCC3=CCCOCC3)c(C)c3[nH]c4ncc(C)cc4c23)c1. The molecule has 1 aliphatic heterocycles. The van der Waals surface area contributed by atoms with Crippen LogP contribution in [-0.2, 0) is 14.6 Å². The summed E-state index contributed by atoms with van der Waals surface area (Å²) in [4.78, 5) is 21.7. The fraction of sp³-hybridized carbons (Fsp3) is 0.333. The van der Waals surface area contributed by atoms with Crippen LogP contribution >= 0.6 is 0 Å². The first-order valence-corrected chi connectivity index (χ1v) is 15.5. The number of aromatic nitrogens is 2. The average molecular weight is 555 g/mol. The molecule has 0 aliphatic carbocycles. The van der Waals surface area contributed by atoms with Gasteiger partial charge in [-0.2, -0.15) is 0 Å². The van der Waals surface area contributed by atoms with Crippen LogP contribution in [0.3, 0.4) is 0 Å². The van der Waals surface area contributed by atoms with E-state index in [9.17, 15) is 13.2 Å². The first-order chi connectivity index (χ1) is 19.3. The Hall–Kier alpha value is -3.73. The zero-order valence-corrected chi connectivity index (χ0v) is 24.1. The van der Waals surface area contributed by atoms with E-state index in [-0.39, 0.29) is 16.4 Å². The largest absolute Gasteiger partial charge is 0.381 e. The van der Waals surface area contributed by atoms with Crippen LogP contribution in [0.2, 0.25) is 0 Å². The Morgan fingerprint density at radius 1 is 1.15 bits per heavy atom. The van der Waals surface area contributed by atoms with Crippen molar-refractivity contribution >= 4 is 37.6 Å². The summed E-state index contributed by atoms with van der Waals surface area (Å²) in [6.07, 6.45) is 8.51. The molecular weight excluding hydrogens is 520 g/mol. The highest BCUT2D eigenvalue weighted by Crippen LogP contribution is 2.38. The number of nitrogens with zero attached hydrogens (tertiary/aromatic N) is 1.